The molecule has 3 N–H and O–H groups in total. The lowest BCUT2D eigenvalue weighted by Crippen LogP contribution is -2.58. The third-order valence-corrected chi connectivity index (χ3v) is 5.42. The van der Waals surface area contributed by atoms with Gasteiger partial charge in [-0.1, -0.05) is 6.42 Å². The van der Waals surface area contributed by atoms with E-state index in [0.29, 0.717) is 5.54 Å². The van der Waals surface area contributed by atoms with E-state index >= 15 is 0 Å². The highest BCUT2D eigenvalue weighted by Crippen LogP contribution is 2.55. The van der Waals surface area contributed by atoms with Gasteiger partial charge in [-0.05, 0) is 82.2 Å². The molecule has 0 saturated heterocycles. The number of hydrogen-bond acceptors (Lipinski definition) is 2. The number of nitrogens with one attached hydrogen (secondary N) is 1. The van der Waals surface area contributed by atoms with Crippen LogP contribution in [-0.4, -0.2) is 18.6 Å². The van der Waals surface area contributed by atoms with Gasteiger partial charge in [0, 0.05) is 5.54 Å². The minimum absolute atomic E-state index is 0.567. The van der Waals surface area contributed by atoms with Crippen LogP contribution in [0.3, 0.4) is 0 Å². The van der Waals surface area contributed by atoms with Crippen molar-refractivity contribution >= 4 is 0 Å². The second-order valence-electron chi connectivity index (χ2n) is 6.97. The van der Waals surface area contributed by atoms with Gasteiger partial charge in [0.1, 0.15) is 0 Å². The SMILES string of the molecule is NCCCCCNC12CC3CC(CC(C3)C1)C2. The predicted octanol–water partition coefficient (Wildman–Crippen LogP) is 2.67. The first-order chi connectivity index (χ1) is 8.30. The Kier molecular flexibility index (Phi) is 3.45. The van der Waals surface area contributed by atoms with Gasteiger partial charge in [-0.2, -0.15) is 0 Å². The third kappa shape index (κ3) is 2.53. The molecule has 2 heteroatoms. The summed E-state index contributed by atoms with van der Waals surface area (Å²) in [4.78, 5) is 0. The second kappa shape index (κ2) is 4.89. The van der Waals surface area contributed by atoms with Gasteiger partial charge in [-0.25, -0.2) is 0 Å². The number of unbranched alkanes of at least 4 members (excludes halogenated alkanes) is 2. The van der Waals surface area contributed by atoms with E-state index in [1.165, 1.54) is 45.1 Å². The topological polar surface area (TPSA) is 38.0 Å². The summed E-state index contributed by atoms with van der Waals surface area (Å²) < 4.78 is 0. The van der Waals surface area contributed by atoms with Crippen molar-refractivity contribution in [3.05, 3.63) is 0 Å². The van der Waals surface area contributed by atoms with Gasteiger partial charge in [0.05, 0.1) is 0 Å². The molecule has 4 aliphatic carbocycles. The zero-order chi connectivity index (χ0) is 11.7. The minimum atomic E-state index is 0.567. The highest BCUT2D eigenvalue weighted by molar-refractivity contribution is 5.06. The average Bonchev–Trinajstić information content (AvgIpc) is 2.26. The van der Waals surface area contributed by atoms with Gasteiger partial charge in [0.2, 0.25) is 0 Å². The zero-order valence-electron chi connectivity index (χ0n) is 11.1. The molecule has 0 aromatic rings. The normalized spacial score (nSPS) is 43.2. The quantitative estimate of drug-likeness (QED) is 0.696. The van der Waals surface area contributed by atoms with Crippen LogP contribution in [0.1, 0.15) is 57.8 Å². The smallest absolute Gasteiger partial charge is 0.0189 e. The molecular formula is C15H28N2. The summed E-state index contributed by atoms with van der Waals surface area (Å²) in [6.07, 6.45) is 12.9. The van der Waals surface area contributed by atoms with Crippen molar-refractivity contribution in [2.75, 3.05) is 13.1 Å². The van der Waals surface area contributed by atoms with Crippen LogP contribution in [0.25, 0.3) is 0 Å². The van der Waals surface area contributed by atoms with E-state index in [9.17, 15) is 0 Å². The van der Waals surface area contributed by atoms with Crippen LogP contribution in [0.5, 0.6) is 0 Å². The molecule has 0 radical (unpaired) electrons. The van der Waals surface area contributed by atoms with Crippen LogP contribution in [-0.2, 0) is 0 Å². The van der Waals surface area contributed by atoms with E-state index < -0.39 is 0 Å². The van der Waals surface area contributed by atoms with Crippen LogP contribution in [0.15, 0.2) is 0 Å². The Hall–Kier alpha value is -0.0800. The lowest BCUT2D eigenvalue weighted by Gasteiger charge is -2.57. The first kappa shape index (κ1) is 12.0. The van der Waals surface area contributed by atoms with Crippen molar-refractivity contribution in [1.29, 1.82) is 0 Å². The molecule has 4 bridgehead atoms. The van der Waals surface area contributed by atoms with Crippen LogP contribution in [0, 0.1) is 17.8 Å². The summed E-state index contributed by atoms with van der Waals surface area (Å²) in [5.41, 5.74) is 6.10. The lowest BCUT2D eigenvalue weighted by molar-refractivity contribution is -0.0196. The van der Waals surface area contributed by atoms with Crippen molar-refractivity contribution in [3.8, 4) is 0 Å². The average molecular weight is 236 g/mol. The van der Waals surface area contributed by atoms with Crippen LogP contribution >= 0.6 is 0 Å². The van der Waals surface area contributed by atoms with E-state index in [2.05, 4.69) is 5.32 Å². The Morgan fingerprint density at radius 2 is 1.47 bits per heavy atom. The predicted molar refractivity (Wildman–Crippen MR) is 71.8 cm³/mol. The molecule has 4 aliphatic rings. The van der Waals surface area contributed by atoms with Gasteiger partial charge in [-0.15, -0.1) is 0 Å². The van der Waals surface area contributed by atoms with E-state index in [1.54, 1.807) is 19.3 Å². The third-order valence-electron chi connectivity index (χ3n) is 5.42. The van der Waals surface area contributed by atoms with Crippen molar-refractivity contribution in [2.24, 2.45) is 23.5 Å². The summed E-state index contributed by atoms with van der Waals surface area (Å²) in [6.45, 7) is 2.09. The van der Waals surface area contributed by atoms with E-state index in [1.807, 2.05) is 0 Å². The maximum atomic E-state index is 5.54. The van der Waals surface area contributed by atoms with Crippen molar-refractivity contribution in [3.63, 3.8) is 0 Å². The van der Waals surface area contributed by atoms with Gasteiger partial charge >= 0.3 is 0 Å². The maximum absolute atomic E-state index is 5.54. The first-order valence-corrected chi connectivity index (χ1v) is 7.75. The molecule has 0 heterocycles. The minimum Gasteiger partial charge on any atom is -0.330 e. The van der Waals surface area contributed by atoms with Crippen LogP contribution in [0.2, 0.25) is 0 Å². The molecule has 4 fully saturated rings. The molecule has 0 amide bonds. The molecule has 0 unspecified atom stereocenters. The molecular weight excluding hydrogens is 208 g/mol. The van der Waals surface area contributed by atoms with Crippen molar-refractivity contribution in [2.45, 2.75) is 63.3 Å². The lowest BCUT2D eigenvalue weighted by atomic mass is 9.53. The monoisotopic (exact) mass is 236 g/mol. The van der Waals surface area contributed by atoms with E-state index in [0.717, 1.165) is 24.3 Å². The fourth-order valence-electron chi connectivity index (χ4n) is 5.13. The highest BCUT2D eigenvalue weighted by Gasteiger charge is 2.50. The Morgan fingerprint density at radius 3 is 2.00 bits per heavy atom. The molecule has 4 rings (SSSR count). The number of nitrogens with two attached hydrogens (primary N) is 1. The van der Waals surface area contributed by atoms with Gasteiger partial charge in [0.25, 0.3) is 0 Å². The molecule has 17 heavy (non-hydrogen) atoms. The van der Waals surface area contributed by atoms with Gasteiger partial charge < -0.3 is 11.1 Å². The Balaban J connectivity index is 1.49. The summed E-state index contributed by atoms with van der Waals surface area (Å²) in [6, 6.07) is 0. The Bertz CT molecular complexity index is 226. The van der Waals surface area contributed by atoms with E-state index in [-0.39, 0.29) is 0 Å². The van der Waals surface area contributed by atoms with E-state index in [4.69, 9.17) is 5.73 Å². The van der Waals surface area contributed by atoms with Crippen molar-refractivity contribution < 1.29 is 0 Å². The summed E-state index contributed by atoms with van der Waals surface area (Å²) in [7, 11) is 0. The fourth-order valence-corrected chi connectivity index (χ4v) is 5.13. The molecule has 0 aromatic heterocycles. The largest absolute Gasteiger partial charge is 0.330 e. The Labute approximate surface area is 106 Å². The standard InChI is InChI=1S/C15H28N2/c16-4-2-1-3-5-17-15-9-12-6-13(10-15)8-14(7-12)11-15/h12-14,17H,1-11,16H2. The molecule has 4 saturated carbocycles. The van der Waals surface area contributed by atoms with Crippen molar-refractivity contribution in [1.82, 2.24) is 5.32 Å². The maximum Gasteiger partial charge on any atom is 0.0189 e. The molecule has 2 nitrogen and oxygen atoms in total. The second-order valence-corrected chi connectivity index (χ2v) is 6.97. The molecule has 0 spiro atoms. The molecule has 0 aliphatic heterocycles. The molecule has 0 aromatic carbocycles. The first-order valence-electron chi connectivity index (χ1n) is 7.75. The van der Waals surface area contributed by atoms with Gasteiger partial charge in [0.15, 0.2) is 0 Å². The van der Waals surface area contributed by atoms with Gasteiger partial charge in [-0.3, -0.25) is 0 Å². The highest BCUT2D eigenvalue weighted by atomic mass is 15.0. The zero-order valence-corrected chi connectivity index (χ0v) is 11.1. The summed E-state index contributed by atoms with van der Waals surface area (Å²) in [5, 5.41) is 3.95. The Morgan fingerprint density at radius 1 is 0.882 bits per heavy atom. The molecule has 0 atom stereocenters. The van der Waals surface area contributed by atoms with Crippen LogP contribution in [0.4, 0.5) is 0 Å². The number of hydrogen-bond donors (Lipinski definition) is 2. The van der Waals surface area contributed by atoms with Crippen LogP contribution < -0.4 is 11.1 Å². The fraction of sp³-hybridized carbons (Fsp3) is 1.00. The summed E-state index contributed by atoms with van der Waals surface area (Å²) >= 11 is 0. The summed E-state index contributed by atoms with van der Waals surface area (Å²) in [5.74, 6) is 3.20. The number of rotatable bonds is 6. The molecule has 98 valence electrons.